The molecule has 4 heteroatoms. The Balaban J connectivity index is 1.82. The summed E-state index contributed by atoms with van der Waals surface area (Å²) < 4.78 is 10.6. The standard InChI is InChI=1S/C19H21NO3/c1-13-10-15-6-4-5-7-16(15)20(13)19(21)12-14-8-9-17(22-2)18(11-14)23-3/h4-9,11,13H,10,12H2,1-3H3. The van der Waals surface area contributed by atoms with Gasteiger partial charge in [-0.25, -0.2) is 0 Å². The van der Waals surface area contributed by atoms with E-state index < -0.39 is 0 Å². The van der Waals surface area contributed by atoms with E-state index in [2.05, 4.69) is 13.0 Å². The van der Waals surface area contributed by atoms with Crippen molar-refractivity contribution in [3.63, 3.8) is 0 Å². The molecule has 3 rings (SSSR count). The average molecular weight is 311 g/mol. The zero-order valence-corrected chi connectivity index (χ0v) is 13.7. The molecular weight excluding hydrogens is 290 g/mol. The largest absolute Gasteiger partial charge is 0.493 e. The molecule has 1 aliphatic rings. The Labute approximate surface area is 136 Å². The van der Waals surface area contributed by atoms with Gasteiger partial charge in [0, 0.05) is 11.7 Å². The molecule has 0 spiro atoms. The van der Waals surface area contributed by atoms with E-state index in [-0.39, 0.29) is 11.9 Å². The lowest BCUT2D eigenvalue weighted by Gasteiger charge is -2.23. The first-order valence-electron chi connectivity index (χ1n) is 7.75. The molecule has 0 saturated heterocycles. The number of carbonyl (C=O) groups excluding carboxylic acids is 1. The minimum atomic E-state index is 0.106. The molecule has 1 unspecified atom stereocenters. The lowest BCUT2D eigenvalue weighted by atomic mass is 10.1. The molecular formula is C19H21NO3. The highest BCUT2D eigenvalue weighted by Gasteiger charge is 2.30. The van der Waals surface area contributed by atoms with Gasteiger partial charge in [0.15, 0.2) is 11.5 Å². The summed E-state index contributed by atoms with van der Waals surface area (Å²) in [7, 11) is 3.20. The van der Waals surface area contributed by atoms with Crippen LogP contribution in [-0.2, 0) is 17.6 Å². The van der Waals surface area contributed by atoms with Crippen LogP contribution in [0.3, 0.4) is 0 Å². The maximum absolute atomic E-state index is 12.8. The normalized spacial score (nSPS) is 16.1. The summed E-state index contributed by atoms with van der Waals surface area (Å²) in [4.78, 5) is 14.7. The van der Waals surface area contributed by atoms with Gasteiger partial charge in [-0.3, -0.25) is 4.79 Å². The maximum Gasteiger partial charge on any atom is 0.231 e. The van der Waals surface area contributed by atoms with E-state index in [1.807, 2.05) is 41.3 Å². The van der Waals surface area contributed by atoms with Crippen LogP contribution in [0.15, 0.2) is 42.5 Å². The van der Waals surface area contributed by atoms with Gasteiger partial charge in [0.1, 0.15) is 0 Å². The first-order chi connectivity index (χ1) is 11.1. The molecule has 1 amide bonds. The maximum atomic E-state index is 12.8. The smallest absolute Gasteiger partial charge is 0.231 e. The van der Waals surface area contributed by atoms with Crippen molar-refractivity contribution in [3.05, 3.63) is 53.6 Å². The Kier molecular flexibility index (Phi) is 4.24. The molecule has 0 saturated carbocycles. The molecule has 0 radical (unpaired) electrons. The zero-order valence-electron chi connectivity index (χ0n) is 13.7. The monoisotopic (exact) mass is 311 g/mol. The van der Waals surface area contributed by atoms with Gasteiger partial charge in [-0.2, -0.15) is 0 Å². The highest BCUT2D eigenvalue weighted by atomic mass is 16.5. The first kappa shape index (κ1) is 15.4. The molecule has 23 heavy (non-hydrogen) atoms. The van der Waals surface area contributed by atoms with Crippen molar-refractivity contribution in [3.8, 4) is 11.5 Å². The summed E-state index contributed by atoms with van der Waals surface area (Å²) in [6.07, 6.45) is 1.26. The van der Waals surface area contributed by atoms with Crippen LogP contribution in [0.25, 0.3) is 0 Å². The lowest BCUT2D eigenvalue weighted by molar-refractivity contribution is -0.118. The predicted octanol–water partition coefficient (Wildman–Crippen LogP) is 3.22. The average Bonchev–Trinajstić information content (AvgIpc) is 2.90. The van der Waals surface area contributed by atoms with Gasteiger partial charge < -0.3 is 14.4 Å². The van der Waals surface area contributed by atoms with Crippen molar-refractivity contribution in [1.29, 1.82) is 0 Å². The molecule has 0 bridgehead atoms. The van der Waals surface area contributed by atoms with E-state index in [0.29, 0.717) is 17.9 Å². The van der Waals surface area contributed by atoms with Crippen LogP contribution < -0.4 is 14.4 Å². The Bertz CT molecular complexity index is 726. The van der Waals surface area contributed by atoms with Gasteiger partial charge in [0.05, 0.1) is 20.6 Å². The number of nitrogens with zero attached hydrogens (tertiary/aromatic N) is 1. The molecule has 4 nitrogen and oxygen atoms in total. The molecule has 1 atom stereocenters. The number of fused-ring (bicyclic) bond motifs is 1. The van der Waals surface area contributed by atoms with Crippen LogP contribution in [0, 0.1) is 0 Å². The minimum Gasteiger partial charge on any atom is -0.493 e. The fourth-order valence-corrected chi connectivity index (χ4v) is 3.20. The minimum absolute atomic E-state index is 0.106. The number of benzene rings is 2. The van der Waals surface area contributed by atoms with Crippen molar-refractivity contribution >= 4 is 11.6 Å². The topological polar surface area (TPSA) is 38.8 Å². The highest BCUT2D eigenvalue weighted by molar-refractivity contribution is 5.97. The summed E-state index contributed by atoms with van der Waals surface area (Å²) in [6, 6.07) is 13.9. The van der Waals surface area contributed by atoms with E-state index in [4.69, 9.17) is 9.47 Å². The fourth-order valence-electron chi connectivity index (χ4n) is 3.20. The highest BCUT2D eigenvalue weighted by Crippen LogP contribution is 2.33. The number of amides is 1. The molecule has 0 aliphatic carbocycles. The molecule has 0 aromatic heterocycles. The number of rotatable bonds is 4. The van der Waals surface area contributed by atoms with Crippen LogP contribution in [0.1, 0.15) is 18.1 Å². The molecule has 0 fully saturated rings. The second-order valence-corrected chi connectivity index (χ2v) is 5.81. The van der Waals surface area contributed by atoms with Gasteiger partial charge in [-0.1, -0.05) is 24.3 Å². The number of anilines is 1. The van der Waals surface area contributed by atoms with Gasteiger partial charge >= 0.3 is 0 Å². The third-order valence-electron chi connectivity index (χ3n) is 4.28. The molecule has 2 aromatic rings. The van der Waals surface area contributed by atoms with Gasteiger partial charge in [0.2, 0.25) is 5.91 Å². The molecule has 120 valence electrons. The van der Waals surface area contributed by atoms with Crippen molar-refractivity contribution in [2.24, 2.45) is 0 Å². The van der Waals surface area contributed by atoms with E-state index >= 15 is 0 Å². The van der Waals surface area contributed by atoms with Crippen LogP contribution in [0.5, 0.6) is 11.5 Å². The van der Waals surface area contributed by atoms with Crippen LogP contribution >= 0.6 is 0 Å². The molecule has 1 aliphatic heterocycles. The quantitative estimate of drug-likeness (QED) is 0.870. The number of para-hydroxylation sites is 1. The zero-order chi connectivity index (χ0) is 16.4. The van der Waals surface area contributed by atoms with Crippen molar-refractivity contribution in [2.45, 2.75) is 25.8 Å². The lowest BCUT2D eigenvalue weighted by Crippen LogP contribution is -2.36. The summed E-state index contributed by atoms with van der Waals surface area (Å²) in [5.41, 5.74) is 3.19. The molecule has 0 N–H and O–H groups in total. The van der Waals surface area contributed by atoms with E-state index in [9.17, 15) is 4.79 Å². The van der Waals surface area contributed by atoms with Crippen molar-refractivity contribution < 1.29 is 14.3 Å². The van der Waals surface area contributed by atoms with Crippen molar-refractivity contribution in [1.82, 2.24) is 0 Å². The summed E-state index contributed by atoms with van der Waals surface area (Å²) in [6.45, 7) is 2.09. The van der Waals surface area contributed by atoms with Gasteiger partial charge in [-0.15, -0.1) is 0 Å². The van der Waals surface area contributed by atoms with Crippen molar-refractivity contribution in [2.75, 3.05) is 19.1 Å². The first-order valence-corrected chi connectivity index (χ1v) is 7.75. The third-order valence-corrected chi connectivity index (χ3v) is 4.28. The fraction of sp³-hybridized carbons (Fsp3) is 0.316. The number of carbonyl (C=O) groups is 1. The van der Waals surface area contributed by atoms with E-state index in [1.54, 1.807) is 14.2 Å². The summed E-state index contributed by atoms with van der Waals surface area (Å²) >= 11 is 0. The number of methoxy groups -OCH3 is 2. The van der Waals surface area contributed by atoms with Gasteiger partial charge in [0.25, 0.3) is 0 Å². The Morgan fingerprint density at radius 2 is 1.87 bits per heavy atom. The molecule has 1 heterocycles. The summed E-state index contributed by atoms with van der Waals surface area (Å²) in [5.74, 6) is 1.42. The van der Waals surface area contributed by atoms with Crippen LogP contribution in [-0.4, -0.2) is 26.2 Å². The van der Waals surface area contributed by atoms with Crippen LogP contribution in [0.2, 0.25) is 0 Å². The number of ether oxygens (including phenoxy) is 2. The van der Waals surface area contributed by atoms with Gasteiger partial charge in [-0.05, 0) is 42.7 Å². The van der Waals surface area contributed by atoms with Crippen LogP contribution in [0.4, 0.5) is 5.69 Å². The SMILES string of the molecule is COc1ccc(CC(=O)N2c3ccccc3CC2C)cc1OC. The number of hydrogen-bond donors (Lipinski definition) is 0. The second kappa shape index (κ2) is 6.32. The predicted molar refractivity (Wildman–Crippen MR) is 90.3 cm³/mol. The number of hydrogen-bond acceptors (Lipinski definition) is 3. The Morgan fingerprint density at radius 1 is 1.13 bits per heavy atom. The third kappa shape index (κ3) is 2.89. The van der Waals surface area contributed by atoms with E-state index in [1.165, 1.54) is 5.56 Å². The Hall–Kier alpha value is -2.49. The molecule has 2 aromatic carbocycles. The second-order valence-electron chi connectivity index (χ2n) is 5.81. The van der Waals surface area contributed by atoms with E-state index in [0.717, 1.165) is 17.7 Å². The Morgan fingerprint density at radius 3 is 2.61 bits per heavy atom. The summed E-state index contributed by atoms with van der Waals surface area (Å²) in [5, 5.41) is 0.